The molecule has 2 heterocycles. The minimum absolute atomic E-state index is 0.102. The molecule has 0 unspecified atom stereocenters. The van der Waals surface area contributed by atoms with Gasteiger partial charge in [0, 0.05) is 33.8 Å². The Morgan fingerprint density at radius 2 is 1.93 bits per heavy atom. The normalized spacial score (nSPS) is 19.9. The smallest absolute Gasteiger partial charge is 0.226 e. The van der Waals surface area contributed by atoms with E-state index in [9.17, 15) is 4.79 Å². The van der Waals surface area contributed by atoms with Crippen LogP contribution in [0.2, 0.25) is 5.02 Å². The second-order valence-corrected chi connectivity index (χ2v) is 9.36. The molecule has 1 aliphatic carbocycles. The largest absolute Gasteiger partial charge is 0.328 e. The van der Waals surface area contributed by atoms with Crippen LogP contribution in [0.4, 0.5) is 5.95 Å². The van der Waals surface area contributed by atoms with Crippen LogP contribution < -0.4 is 5.32 Å². The van der Waals surface area contributed by atoms with Crippen LogP contribution in [0.1, 0.15) is 43.9 Å². The second kappa shape index (κ2) is 6.81. The Morgan fingerprint density at radius 1 is 1.13 bits per heavy atom. The third kappa shape index (κ3) is 3.14. The number of nitrogens with zero attached hydrogens (tertiary/aromatic N) is 3. The van der Waals surface area contributed by atoms with Crippen LogP contribution in [0.3, 0.4) is 0 Å². The van der Waals surface area contributed by atoms with Crippen LogP contribution in [-0.4, -0.2) is 20.5 Å². The predicted octanol–water partition coefficient (Wildman–Crippen LogP) is 5.57. The van der Waals surface area contributed by atoms with Gasteiger partial charge in [-0.15, -0.1) is 5.10 Å². The predicted molar refractivity (Wildman–Crippen MR) is 118 cm³/mol. The van der Waals surface area contributed by atoms with Crippen molar-refractivity contribution in [2.24, 2.45) is 5.41 Å². The van der Waals surface area contributed by atoms with Gasteiger partial charge in [0.2, 0.25) is 5.95 Å². The van der Waals surface area contributed by atoms with Gasteiger partial charge in [-0.05, 0) is 30.9 Å². The van der Waals surface area contributed by atoms with Crippen molar-refractivity contribution in [2.75, 3.05) is 5.32 Å². The van der Waals surface area contributed by atoms with Crippen LogP contribution in [0.5, 0.6) is 0 Å². The lowest BCUT2D eigenvalue weighted by atomic mass is 9.73. The molecule has 152 valence electrons. The Labute approximate surface area is 180 Å². The monoisotopic (exact) mass is 418 g/mol. The molecule has 0 bridgehead atoms. The van der Waals surface area contributed by atoms with E-state index in [1.807, 2.05) is 54.1 Å². The van der Waals surface area contributed by atoms with E-state index in [-0.39, 0.29) is 17.2 Å². The molecule has 3 aromatic rings. The summed E-state index contributed by atoms with van der Waals surface area (Å²) in [6.07, 6.45) is 1.28. The van der Waals surface area contributed by atoms with E-state index < -0.39 is 0 Å². The number of benzene rings is 2. The Bertz CT molecular complexity index is 1210. The number of hydrogen-bond acceptors (Lipinski definition) is 4. The van der Waals surface area contributed by atoms with Crippen molar-refractivity contribution in [1.82, 2.24) is 14.8 Å². The first-order chi connectivity index (χ1) is 14.3. The molecule has 5 rings (SSSR count). The number of ketones is 1. The lowest BCUT2D eigenvalue weighted by Crippen LogP contribution is -2.36. The van der Waals surface area contributed by atoms with E-state index in [1.54, 1.807) is 0 Å². The first kappa shape index (κ1) is 19.1. The molecule has 0 amide bonds. The number of hydrogen-bond donors (Lipinski definition) is 1. The standard InChI is InChI=1S/C24H23ClN4O/c1-14-7-6-8-15(11-14)22-27-23-26-18-12-24(2,3)13-19(30)20(18)21(29(23)28-22)16-9-4-5-10-17(16)25/h4-11,21H,12-13H2,1-3H3,(H,26,27,28)/t21-/m0/s1. The van der Waals surface area contributed by atoms with Crippen molar-refractivity contribution >= 4 is 23.3 Å². The van der Waals surface area contributed by atoms with Gasteiger partial charge in [-0.3, -0.25) is 4.79 Å². The molecular weight excluding hydrogens is 396 g/mol. The van der Waals surface area contributed by atoms with Gasteiger partial charge in [-0.2, -0.15) is 4.98 Å². The summed E-state index contributed by atoms with van der Waals surface area (Å²) in [5, 5.41) is 8.85. The zero-order valence-corrected chi connectivity index (χ0v) is 18.0. The number of carbonyl (C=O) groups is 1. The Morgan fingerprint density at radius 3 is 2.70 bits per heavy atom. The molecule has 30 heavy (non-hydrogen) atoms. The molecule has 2 aliphatic rings. The summed E-state index contributed by atoms with van der Waals surface area (Å²) in [4.78, 5) is 18.1. The van der Waals surface area contributed by atoms with E-state index in [0.717, 1.165) is 34.4 Å². The maximum absolute atomic E-state index is 13.3. The van der Waals surface area contributed by atoms with E-state index >= 15 is 0 Å². The van der Waals surface area contributed by atoms with Gasteiger partial charge < -0.3 is 5.32 Å². The maximum Gasteiger partial charge on any atom is 0.226 e. The third-order valence-electron chi connectivity index (χ3n) is 5.81. The highest BCUT2D eigenvalue weighted by atomic mass is 35.5. The number of halogens is 1. The van der Waals surface area contributed by atoms with Crippen molar-refractivity contribution in [3.63, 3.8) is 0 Å². The van der Waals surface area contributed by atoms with E-state index in [2.05, 4.69) is 25.2 Å². The van der Waals surface area contributed by atoms with E-state index in [1.165, 1.54) is 0 Å². The van der Waals surface area contributed by atoms with Gasteiger partial charge in [-0.1, -0.05) is 67.4 Å². The van der Waals surface area contributed by atoms with E-state index in [4.69, 9.17) is 21.7 Å². The molecule has 1 atom stereocenters. The number of fused-ring (bicyclic) bond motifs is 1. The summed E-state index contributed by atoms with van der Waals surface area (Å²) >= 11 is 6.59. The molecule has 1 aliphatic heterocycles. The second-order valence-electron chi connectivity index (χ2n) is 8.96. The van der Waals surface area contributed by atoms with Crippen LogP contribution in [0.15, 0.2) is 59.8 Å². The summed E-state index contributed by atoms with van der Waals surface area (Å²) in [6.45, 7) is 6.29. The molecular formula is C24H23ClN4O. The number of allylic oxidation sites excluding steroid dienone is 2. The zero-order valence-electron chi connectivity index (χ0n) is 17.2. The highest BCUT2D eigenvalue weighted by molar-refractivity contribution is 6.31. The molecule has 0 radical (unpaired) electrons. The fourth-order valence-corrected chi connectivity index (χ4v) is 4.74. The van der Waals surface area contributed by atoms with Crippen molar-refractivity contribution in [1.29, 1.82) is 0 Å². The molecule has 5 nitrogen and oxygen atoms in total. The fourth-order valence-electron chi connectivity index (χ4n) is 4.50. The topological polar surface area (TPSA) is 59.8 Å². The molecule has 0 saturated heterocycles. The van der Waals surface area contributed by atoms with Gasteiger partial charge in [0.25, 0.3) is 0 Å². The van der Waals surface area contributed by atoms with Gasteiger partial charge in [-0.25, -0.2) is 4.68 Å². The quantitative estimate of drug-likeness (QED) is 0.591. The summed E-state index contributed by atoms with van der Waals surface area (Å²) in [5.41, 5.74) is 4.53. The summed E-state index contributed by atoms with van der Waals surface area (Å²) in [6, 6.07) is 15.4. The number of aromatic nitrogens is 3. The van der Waals surface area contributed by atoms with Gasteiger partial charge >= 0.3 is 0 Å². The molecule has 0 fully saturated rings. The lowest BCUT2D eigenvalue weighted by molar-refractivity contribution is -0.118. The number of anilines is 1. The van der Waals surface area contributed by atoms with Crippen molar-refractivity contribution in [3.05, 3.63) is 76.0 Å². The highest BCUT2D eigenvalue weighted by Gasteiger charge is 2.42. The summed E-state index contributed by atoms with van der Waals surface area (Å²) in [5.74, 6) is 1.41. The van der Waals surface area contributed by atoms with Crippen molar-refractivity contribution < 1.29 is 4.79 Å². The summed E-state index contributed by atoms with van der Waals surface area (Å²) in [7, 11) is 0. The zero-order chi connectivity index (χ0) is 21.0. The average molecular weight is 419 g/mol. The number of nitrogens with one attached hydrogen (secondary N) is 1. The fraction of sp³-hybridized carbons (Fsp3) is 0.292. The third-order valence-corrected chi connectivity index (χ3v) is 6.15. The van der Waals surface area contributed by atoms with E-state index in [0.29, 0.717) is 23.2 Å². The van der Waals surface area contributed by atoms with Crippen molar-refractivity contribution in [3.8, 4) is 11.4 Å². The Kier molecular flexibility index (Phi) is 4.33. The lowest BCUT2D eigenvalue weighted by Gasteiger charge is -2.38. The minimum atomic E-state index is -0.389. The van der Waals surface area contributed by atoms with Crippen molar-refractivity contribution in [2.45, 2.75) is 39.7 Å². The molecule has 0 saturated carbocycles. The SMILES string of the molecule is Cc1cccc(-c2nc3n(n2)[C@@H](c2ccccc2Cl)C2=C(CC(C)(C)CC2=O)N3)c1. The summed E-state index contributed by atoms with van der Waals surface area (Å²) < 4.78 is 1.81. The molecule has 1 N–H and O–H groups in total. The van der Waals surface area contributed by atoms with Gasteiger partial charge in [0.1, 0.15) is 6.04 Å². The number of rotatable bonds is 2. The van der Waals surface area contributed by atoms with Gasteiger partial charge in [0.05, 0.1) is 0 Å². The highest BCUT2D eigenvalue weighted by Crippen LogP contribution is 2.46. The maximum atomic E-state index is 13.3. The first-order valence-corrected chi connectivity index (χ1v) is 10.5. The Balaban J connectivity index is 1.71. The molecule has 1 aromatic heterocycles. The number of Topliss-reactive ketones (excluding diaryl/α,β-unsaturated/α-hetero) is 1. The molecule has 2 aromatic carbocycles. The first-order valence-electron chi connectivity index (χ1n) is 10.1. The van der Waals surface area contributed by atoms with Crippen LogP contribution in [0.25, 0.3) is 11.4 Å². The Hall–Kier alpha value is -2.92. The van der Waals surface area contributed by atoms with Gasteiger partial charge in [0.15, 0.2) is 11.6 Å². The van der Waals surface area contributed by atoms with Crippen LogP contribution in [-0.2, 0) is 4.79 Å². The molecule has 0 spiro atoms. The average Bonchev–Trinajstić information content (AvgIpc) is 3.10. The number of aryl methyl sites for hydroxylation is 1. The van der Waals surface area contributed by atoms with Crippen LogP contribution in [0, 0.1) is 12.3 Å². The molecule has 6 heteroatoms. The number of carbonyl (C=O) groups excluding carboxylic acids is 1. The minimum Gasteiger partial charge on any atom is -0.328 e. The van der Waals surface area contributed by atoms with Crippen LogP contribution >= 0.6 is 11.6 Å².